The Morgan fingerprint density at radius 2 is 2.11 bits per heavy atom. The molecule has 0 saturated heterocycles. The third-order valence-electron chi connectivity index (χ3n) is 5.65. The van der Waals surface area contributed by atoms with E-state index in [-0.39, 0.29) is 23.3 Å². The number of halogens is 1. The number of aliphatic hydroxyl groups is 1. The van der Waals surface area contributed by atoms with Gasteiger partial charge in [0.05, 0.1) is 34.8 Å². The summed E-state index contributed by atoms with van der Waals surface area (Å²) in [5.74, 6) is 0.0317. The van der Waals surface area contributed by atoms with Gasteiger partial charge < -0.3 is 10.4 Å². The molecule has 27 heavy (non-hydrogen) atoms. The van der Waals surface area contributed by atoms with Crippen molar-refractivity contribution in [2.24, 2.45) is 5.92 Å². The Kier molecular flexibility index (Phi) is 4.67. The maximum absolute atomic E-state index is 12.5. The highest BCUT2D eigenvalue weighted by atomic mass is 35.5. The summed E-state index contributed by atoms with van der Waals surface area (Å²) < 4.78 is 1.77. The van der Waals surface area contributed by atoms with E-state index in [1.807, 2.05) is 12.1 Å². The van der Waals surface area contributed by atoms with Gasteiger partial charge in [-0.05, 0) is 49.3 Å². The van der Waals surface area contributed by atoms with Gasteiger partial charge in [0, 0.05) is 18.3 Å². The van der Waals surface area contributed by atoms with E-state index in [2.05, 4.69) is 16.5 Å². The average Bonchev–Trinajstić information content (AvgIpc) is 3.26. The minimum Gasteiger partial charge on any atom is -0.391 e. The number of aromatic nitrogens is 2. The molecule has 0 radical (unpaired) electrons. The number of nitriles is 1. The highest BCUT2D eigenvalue weighted by molar-refractivity contribution is 6.30. The fraction of sp³-hybridized carbons (Fsp3) is 0.450. The van der Waals surface area contributed by atoms with Crippen LogP contribution in [0.1, 0.15) is 41.6 Å². The minimum atomic E-state index is -0.572. The lowest BCUT2D eigenvalue weighted by molar-refractivity contribution is 0.0872. The molecule has 0 bridgehead atoms. The standard InChI is InChI=1S/C20H21ClN4O2/c21-16-9-23-25(11-16)10-13-7-17(18(26)8-13)24-19(27)14-1-3-15(4-2-14)20(12-22)5-6-20/h1-4,9,11,13,17-18,26H,5-8,10H2,(H,24,27)/t13?,17-,18-/m1/s1. The molecule has 2 saturated carbocycles. The van der Waals surface area contributed by atoms with Gasteiger partial charge in [0.25, 0.3) is 5.91 Å². The monoisotopic (exact) mass is 384 g/mol. The van der Waals surface area contributed by atoms with Crippen LogP contribution in [0.4, 0.5) is 0 Å². The zero-order chi connectivity index (χ0) is 19.0. The quantitative estimate of drug-likeness (QED) is 0.829. The van der Waals surface area contributed by atoms with Crippen LogP contribution in [0.5, 0.6) is 0 Å². The van der Waals surface area contributed by atoms with Crippen molar-refractivity contribution in [1.29, 1.82) is 5.26 Å². The first-order chi connectivity index (χ1) is 13.0. The third-order valence-corrected chi connectivity index (χ3v) is 5.85. The molecule has 1 aromatic carbocycles. The highest BCUT2D eigenvalue weighted by Gasteiger charge is 2.44. The summed E-state index contributed by atoms with van der Waals surface area (Å²) in [5.41, 5.74) is 1.17. The second-order valence-corrected chi connectivity index (χ2v) is 8.07. The minimum absolute atomic E-state index is 0.199. The van der Waals surface area contributed by atoms with Crippen LogP contribution in [-0.4, -0.2) is 32.9 Å². The molecule has 2 fully saturated rings. The highest BCUT2D eigenvalue weighted by Crippen LogP contribution is 2.47. The summed E-state index contributed by atoms with van der Waals surface area (Å²) in [4.78, 5) is 12.5. The van der Waals surface area contributed by atoms with E-state index in [1.165, 1.54) is 0 Å². The smallest absolute Gasteiger partial charge is 0.251 e. The molecule has 6 nitrogen and oxygen atoms in total. The number of hydrogen-bond acceptors (Lipinski definition) is 4. The molecule has 0 spiro atoms. The van der Waals surface area contributed by atoms with Gasteiger partial charge in [0.1, 0.15) is 0 Å². The normalized spacial score (nSPS) is 25.7. The molecular formula is C20H21ClN4O2. The van der Waals surface area contributed by atoms with Crippen molar-refractivity contribution in [2.75, 3.05) is 0 Å². The number of rotatable bonds is 5. The lowest BCUT2D eigenvalue weighted by Crippen LogP contribution is -2.39. The van der Waals surface area contributed by atoms with Gasteiger partial charge in [0.2, 0.25) is 0 Å². The maximum Gasteiger partial charge on any atom is 0.251 e. The van der Waals surface area contributed by atoms with Crippen LogP contribution in [0, 0.1) is 17.2 Å². The number of hydrogen-bond donors (Lipinski definition) is 2. The van der Waals surface area contributed by atoms with Crippen LogP contribution in [0.25, 0.3) is 0 Å². The van der Waals surface area contributed by atoms with Crippen LogP contribution >= 0.6 is 11.6 Å². The van der Waals surface area contributed by atoms with E-state index in [0.717, 1.165) is 18.4 Å². The van der Waals surface area contributed by atoms with Gasteiger partial charge in [-0.1, -0.05) is 23.7 Å². The Morgan fingerprint density at radius 1 is 1.37 bits per heavy atom. The van der Waals surface area contributed by atoms with E-state index in [9.17, 15) is 15.2 Å². The van der Waals surface area contributed by atoms with Crippen LogP contribution < -0.4 is 5.32 Å². The largest absolute Gasteiger partial charge is 0.391 e. The van der Waals surface area contributed by atoms with E-state index in [1.54, 1.807) is 29.2 Å². The molecule has 0 aliphatic heterocycles. The Morgan fingerprint density at radius 3 is 2.70 bits per heavy atom. The maximum atomic E-state index is 12.5. The number of nitrogens with one attached hydrogen (secondary N) is 1. The predicted molar refractivity (Wildman–Crippen MR) is 100 cm³/mol. The summed E-state index contributed by atoms with van der Waals surface area (Å²) in [6, 6.07) is 9.32. The van der Waals surface area contributed by atoms with E-state index < -0.39 is 6.10 Å². The fourth-order valence-corrected chi connectivity index (χ4v) is 4.06. The lowest BCUT2D eigenvalue weighted by atomic mass is 9.96. The summed E-state index contributed by atoms with van der Waals surface area (Å²) in [6.45, 7) is 0.668. The molecule has 2 aliphatic carbocycles. The number of aliphatic hydroxyl groups excluding tert-OH is 1. The van der Waals surface area contributed by atoms with E-state index in [0.29, 0.717) is 30.0 Å². The summed E-state index contributed by atoms with van der Waals surface area (Å²) >= 11 is 5.88. The number of benzene rings is 1. The average molecular weight is 385 g/mol. The molecule has 7 heteroatoms. The van der Waals surface area contributed by atoms with Gasteiger partial charge in [0.15, 0.2) is 0 Å². The zero-order valence-electron chi connectivity index (χ0n) is 14.8. The van der Waals surface area contributed by atoms with Crippen molar-refractivity contribution in [3.8, 4) is 6.07 Å². The molecule has 2 aromatic rings. The van der Waals surface area contributed by atoms with Crippen LogP contribution in [0.3, 0.4) is 0 Å². The first-order valence-corrected chi connectivity index (χ1v) is 9.55. The lowest BCUT2D eigenvalue weighted by Gasteiger charge is -2.17. The van der Waals surface area contributed by atoms with Gasteiger partial charge in [-0.15, -0.1) is 0 Å². The second kappa shape index (κ2) is 6.99. The van der Waals surface area contributed by atoms with Gasteiger partial charge in [-0.2, -0.15) is 10.4 Å². The molecule has 1 aromatic heterocycles. The van der Waals surface area contributed by atoms with E-state index >= 15 is 0 Å². The van der Waals surface area contributed by atoms with Crippen molar-refractivity contribution in [3.05, 3.63) is 52.8 Å². The molecule has 4 rings (SSSR count). The molecule has 140 valence electrons. The molecule has 1 unspecified atom stereocenters. The molecule has 1 heterocycles. The van der Waals surface area contributed by atoms with Crippen molar-refractivity contribution in [3.63, 3.8) is 0 Å². The van der Waals surface area contributed by atoms with Gasteiger partial charge in [-0.25, -0.2) is 0 Å². The Labute approximate surface area is 162 Å². The molecular weight excluding hydrogens is 364 g/mol. The zero-order valence-corrected chi connectivity index (χ0v) is 15.6. The Hall–Kier alpha value is -2.36. The second-order valence-electron chi connectivity index (χ2n) is 7.64. The number of nitrogens with zero attached hydrogens (tertiary/aromatic N) is 3. The topological polar surface area (TPSA) is 90.9 Å². The first-order valence-electron chi connectivity index (χ1n) is 9.18. The Bertz CT molecular complexity index is 882. The number of carbonyl (C=O) groups excluding carboxylic acids is 1. The van der Waals surface area contributed by atoms with Crippen LogP contribution in [-0.2, 0) is 12.0 Å². The SMILES string of the molecule is N#CC1(c2ccc(C(=O)N[C@@H]3CC(Cn4cc(Cl)cn4)C[C@H]3O)cc2)CC1. The van der Waals surface area contributed by atoms with Crippen LogP contribution in [0.2, 0.25) is 5.02 Å². The fourth-order valence-electron chi connectivity index (χ4n) is 3.91. The molecule has 1 amide bonds. The Balaban J connectivity index is 1.36. The van der Waals surface area contributed by atoms with E-state index in [4.69, 9.17) is 11.6 Å². The summed E-state index contributed by atoms with van der Waals surface area (Å²) in [5, 5.41) is 27.3. The number of carbonyl (C=O) groups is 1. The van der Waals surface area contributed by atoms with Gasteiger partial charge in [-0.3, -0.25) is 9.48 Å². The first kappa shape index (κ1) is 18.0. The summed E-state index contributed by atoms with van der Waals surface area (Å²) in [6.07, 6.45) is 5.85. The number of amides is 1. The van der Waals surface area contributed by atoms with Crippen molar-refractivity contribution < 1.29 is 9.90 Å². The predicted octanol–water partition coefficient (Wildman–Crippen LogP) is 2.66. The summed E-state index contributed by atoms with van der Waals surface area (Å²) in [7, 11) is 0. The molecule has 2 aliphatic rings. The molecule has 2 N–H and O–H groups in total. The molecule has 3 atom stereocenters. The van der Waals surface area contributed by atoms with Crippen molar-refractivity contribution >= 4 is 17.5 Å². The van der Waals surface area contributed by atoms with Crippen LogP contribution in [0.15, 0.2) is 36.7 Å². The van der Waals surface area contributed by atoms with Crippen molar-refractivity contribution in [2.45, 2.75) is 49.8 Å². The van der Waals surface area contributed by atoms with Gasteiger partial charge >= 0.3 is 0 Å². The third kappa shape index (κ3) is 3.71. The van der Waals surface area contributed by atoms with Crippen molar-refractivity contribution in [1.82, 2.24) is 15.1 Å².